The van der Waals surface area contributed by atoms with Crippen LogP contribution in [0, 0.1) is 29.1 Å². The Hall–Kier alpha value is -0.333. The second-order valence-corrected chi connectivity index (χ2v) is 13.3. The zero-order valence-corrected chi connectivity index (χ0v) is 15.7. The molecule has 3 heteroatoms. The van der Waals surface area contributed by atoms with Gasteiger partial charge in [0.1, 0.15) is 5.60 Å². The van der Waals surface area contributed by atoms with Gasteiger partial charge in [-0.2, -0.15) is 5.26 Å². The van der Waals surface area contributed by atoms with E-state index in [2.05, 4.69) is 60.7 Å². The Morgan fingerprint density at radius 2 is 1.80 bits per heavy atom. The van der Waals surface area contributed by atoms with E-state index in [9.17, 15) is 5.26 Å². The van der Waals surface area contributed by atoms with E-state index in [0.717, 1.165) is 12.8 Å². The molecule has 0 aliphatic heterocycles. The number of hydrogen-bond donors (Lipinski definition) is 0. The van der Waals surface area contributed by atoms with Crippen molar-refractivity contribution in [2.24, 2.45) is 17.8 Å². The lowest BCUT2D eigenvalue weighted by Crippen LogP contribution is -2.55. The number of nitriles is 1. The van der Waals surface area contributed by atoms with E-state index in [1.54, 1.807) is 0 Å². The van der Waals surface area contributed by atoms with E-state index < -0.39 is 13.9 Å². The first-order valence-corrected chi connectivity index (χ1v) is 11.0. The summed E-state index contributed by atoms with van der Waals surface area (Å²) in [6, 6.07) is 2.62. The molecule has 0 aromatic heterocycles. The van der Waals surface area contributed by atoms with Crippen LogP contribution in [0.25, 0.3) is 0 Å². The first kappa shape index (κ1) is 17.7. The molecule has 0 radical (unpaired) electrons. The van der Waals surface area contributed by atoms with Crippen molar-refractivity contribution in [2.75, 3.05) is 0 Å². The summed E-state index contributed by atoms with van der Waals surface area (Å²) in [6.45, 7) is 18.0. The van der Waals surface area contributed by atoms with E-state index in [1.807, 2.05) is 0 Å². The van der Waals surface area contributed by atoms with E-state index in [4.69, 9.17) is 4.43 Å². The smallest absolute Gasteiger partial charge is 0.194 e. The Balaban J connectivity index is 3.13. The molecule has 1 fully saturated rings. The summed E-state index contributed by atoms with van der Waals surface area (Å²) in [4.78, 5) is 0. The zero-order valence-electron chi connectivity index (χ0n) is 14.7. The topological polar surface area (TPSA) is 33.0 Å². The lowest BCUT2D eigenvalue weighted by Gasteiger charge is -2.50. The fourth-order valence-electron chi connectivity index (χ4n) is 3.22. The van der Waals surface area contributed by atoms with Gasteiger partial charge in [-0.1, -0.05) is 48.0 Å². The Morgan fingerprint density at radius 1 is 1.25 bits per heavy atom. The largest absolute Gasteiger partial charge is 0.399 e. The molecule has 0 saturated heterocycles. The van der Waals surface area contributed by atoms with Gasteiger partial charge in [-0.15, -0.1) is 0 Å². The second-order valence-electron chi connectivity index (χ2n) is 8.60. The SMILES string of the molecule is CC(C)[C@@H]1CC[C@@H](C)CC1(C#N)O[Si](C)(C)C(C)(C)C. The molecule has 1 saturated carbocycles. The van der Waals surface area contributed by atoms with Crippen LogP contribution in [0.2, 0.25) is 18.1 Å². The van der Waals surface area contributed by atoms with Crippen LogP contribution in [0.15, 0.2) is 0 Å². The predicted octanol–water partition coefficient (Wildman–Crippen LogP) is 5.36. The first-order chi connectivity index (χ1) is 8.95. The van der Waals surface area contributed by atoms with Gasteiger partial charge in [-0.05, 0) is 42.8 Å². The second kappa shape index (κ2) is 5.81. The molecule has 116 valence electrons. The fourth-order valence-corrected chi connectivity index (χ4v) is 4.71. The van der Waals surface area contributed by atoms with Gasteiger partial charge in [0.2, 0.25) is 0 Å². The third-order valence-electron chi connectivity index (χ3n) is 5.46. The summed E-state index contributed by atoms with van der Waals surface area (Å²) in [7, 11) is -1.93. The van der Waals surface area contributed by atoms with Crippen LogP contribution in [0.5, 0.6) is 0 Å². The highest BCUT2D eigenvalue weighted by Gasteiger charge is 2.51. The van der Waals surface area contributed by atoms with Crippen LogP contribution in [0.1, 0.15) is 60.8 Å². The van der Waals surface area contributed by atoms with Gasteiger partial charge in [0.05, 0.1) is 6.07 Å². The van der Waals surface area contributed by atoms with Crippen LogP contribution in [-0.2, 0) is 4.43 Å². The molecule has 0 aromatic rings. The summed E-state index contributed by atoms with van der Waals surface area (Å²) in [5.41, 5.74) is -0.561. The molecule has 2 nitrogen and oxygen atoms in total. The van der Waals surface area contributed by atoms with Crippen molar-refractivity contribution in [1.29, 1.82) is 5.26 Å². The van der Waals surface area contributed by atoms with Crippen molar-refractivity contribution in [3.63, 3.8) is 0 Å². The van der Waals surface area contributed by atoms with Crippen LogP contribution in [0.3, 0.4) is 0 Å². The average molecular weight is 296 g/mol. The van der Waals surface area contributed by atoms with Gasteiger partial charge in [-0.3, -0.25) is 0 Å². The van der Waals surface area contributed by atoms with Crippen molar-refractivity contribution < 1.29 is 4.43 Å². The molecule has 1 aliphatic rings. The molecule has 1 rings (SSSR count). The van der Waals surface area contributed by atoms with Crippen LogP contribution in [0.4, 0.5) is 0 Å². The Bertz CT molecular complexity index is 377. The van der Waals surface area contributed by atoms with Gasteiger partial charge in [-0.25, -0.2) is 0 Å². The average Bonchev–Trinajstić information content (AvgIpc) is 2.26. The van der Waals surface area contributed by atoms with Crippen molar-refractivity contribution in [3.8, 4) is 6.07 Å². The number of hydrogen-bond acceptors (Lipinski definition) is 2. The molecule has 0 heterocycles. The maximum atomic E-state index is 9.95. The summed E-state index contributed by atoms with van der Waals surface area (Å²) in [6.07, 6.45) is 3.26. The third kappa shape index (κ3) is 3.46. The van der Waals surface area contributed by atoms with Crippen molar-refractivity contribution in [2.45, 2.75) is 84.5 Å². The summed E-state index contributed by atoms with van der Waals surface area (Å²) in [5, 5.41) is 10.1. The first-order valence-electron chi connectivity index (χ1n) is 8.06. The van der Waals surface area contributed by atoms with Crippen LogP contribution < -0.4 is 0 Å². The summed E-state index contributed by atoms with van der Waals surface area (Å²) >= 11 is 0. The quantitative estimate of drug-likeness (QED) is 0.656. The minimum atomic E-state index is -1.93. The molecule has 0 bridgehead atoms. The minimum Gasteiger partial charge on any atom is -0.399 e. The molecule has 0 amide bonds. The molecular formula is C17H33NOSi. The van der Waals surface area contributed by atoms with Crippen molar-refractivity contribution in [1.82, 2.24) is 0 Å². The fraction of sp³-hybridized carbons (Fsp3) is 0.941. The molecule has 0 N–H and O–H groups in total. The Labute approximate surface area is 127 Å². The van der Waals surface area contributed by atoms with Crippen molar-refractivity contribution in [3.05, 3.63) is 0 Å². The maximum Gasteiger partial charge on any atom is 0.194 e. The van der Waals surface area contributed by atoms with Gasteiger partial charge in [0.15, 0.2) is 8.32 Å². The van der Waals surface area contributed by atoms with Gasteiger partial charge < -0.3 is 4.43 Å². The third-order valence-corrected chi connectivity index (χ3v) is 9.95. The molecule has 20 heavy (non-hydrogen) atoms. The predicted molar refractivity (Wildman–Crippen MR) is 88.0 cm³/mol. The molecule has 1 aliphatic carbocycles. The lowest BCUT2D eigenvalue weighted by atomic mass is 9.68. The molecular weight excluding hydrogens is 262 g/mol. The zero-order chi connectivity index (χ0) is 15.8. The Kier molecular flexibility index (Phi) is 5.15. The molecule has 3 atom stereocenters. The number of nitrogens with zero attached hydrogens (tertiary/aromatic N) is 1. The van der Waals surface area contributed by atoms with E-state index in [-0.39, 0.29) is 5.04 Å². The van der Waals surface area contributed by atoms with Gasteiger partial charge in [0.25, 0.3) is 0 Å². The van der Waals surface area contributed by atoms with Crippen LogP contribution in [-0.4, -0.2) is 13.9 Å². The highest BCUT2D eigenvalue weighted by molar-refractivity contribution is 6.74. The highest BCUT2D eigenvalue weighted by Crippen LogP contribution is 2.48. The van der Waals surface area contributed by atoms with Gasteiger partial charge in [0, 0.05) is 5.92 Å². The monoisotopic (exact) mass is 295 g/mol. The van der Waals surface area contributed by atoms with E-state index >= 15 is 0 Å². The van der Waals surface area contributed by atoms with E-state index in [0.29, 0.717) is 17.8 Å². The van der Waals surface area contributed by atoms with Crippen LogP contribution >= 0.6 is 0 Å². The minimum absolute atomic E-state index is 0.152. The summed E-state index contributed by atoms with van der Waals surface area (Å²) < 4.78 is 6.70. The lowest BCUT2D eigenvalue weighted by molar-refractivity contribution is -0.0236. The van der Waals surface area contributed by atoms with Crippen molar-refractivity contribution >= 4 is 8.32 Å². The number of rotatable bonds is 3. The van der Waals surface area contributed by atoms with E-state index in [1.165, 1.54) is 6.42 Å². The Morgan fingerprint density at radius 3 is 2.20 bits per heavy atom. The maximum absolute atomic E-state index is 9.95. The highest BCUT2D eigenvalue weighted by atomic mass is 28.4. The molecule has 0 aromatic carbocycles. The standard InChI is InChI=1S/C17H33NOSi/c1-13(2)15-10-9-14(3)11-17(15,12-18)19-20(7,8)16(4,5)6/h13-15H,9-11H2,1-8H3/t14-,15+,17?/m1/s1. The van der Waals surface area contributed by atoms with Gasteiger partial charge >= 0.3 is 0 Å². The summed E-state index contributed by atoms with van der Waals surface area (Å²) in [5.74, 6) is 1.47. The molecule has 0 spiro atoms. The molecule has 1 unspecified atom stereocenters. The normalized spacial score (nSPS) is 32.2.